The van der Waals surface area contributed by atoms with Crippen LogP contribution in [0.1, 0.15) is 5.69 Å². The van der Waals surface area contributed by atoms with E-state index in [4.69, 9.17) is 0 Å². The fourth-order valence-electron chi connectivity index (χ4n) is 2.02. The van der Waals surface area contributed by atoms with Gasteiger partial charge in [-0.05, 0) is 35.0 Å². The van der Waals surface area contributed by atoms with Gasteiger partial charge in [0.25, 0.3) is 0 Å². The monoisotopic (exact) mass is 246 g/mol. The highest BCUT2D eigenvalue weighted by Crippen LogP contribution is 2.20. The lowest BCUT2D eigenvalue weighted by molar-refractivity contribution is 1.15. The molecule has 0 saturated carbocycles. The van der Waals surface area contributed by atoms with Crippen molar-refractivity contribution in [2.45, 2.75) is 6.42 Å². The Balaban J connectivity index is 1.78. The molecule has 0 saturated heterocycles. The second-order valence-electron chi connectivity index (χ2n) is 4.37. The van der Waals surface area contributed by atoms with Gasteiger partial charge < -0.3 is 0 Å². The molecule has 0 aliphatic heterocycles. The van der Waals surface area contributed by atoms with E-state index in [-0.39, 0.29) is 0 Å². The SMILES string of the molecule is C(Cc1ccccn1)=Nc1ccc2ccccc2c1. The molecule has 0 fully saturated rings. The molecule has 0 bridgehead atoms. The molecule has 0 unspecified atom stereocenters. The van der Waals surface area contributed by atoms with Gasteiger partial charge in [-0.2, -0.15) is 0 Å². The fraction of sp³-hybridized carbons (Fsp3) is 0.0588. The summed E-state index contributed by atoms with van der Waals surface area (Å²) in [6, 6.07) is 20.5. The van der Waals surface area contributed by atoms with Crippen molar-refractivity contribution in [1.82, 2.24) is 4.98 Å². The number of aromatic nitrogens is 1. The summed E-state index contributed by atoms with van der Waals surface area (Å²) in [4.78, 5) is 8.76. The summed E-state index contributed by atoms with van der Waals surface area (Å²) in [6.07, 6.45) is 4.47. The molecule has 3 rings (SSSR count). The molecule has 0 aliphatic carbocycles. The van der Waals surface area contributed by atoms with Crippen LogP contribution in [0.3, 0.4) is 0 Å². The Bertz CT molecular complexity index is 703. The summed E-state index contributed by atoms with van der Waals surface area (Å²) >= 11 is 0. The molecule has 0 amide bonds. The Kier molecular flexibility index (Phi) is 3.32. The molecule has 1 aromatic heterocycles. The molecule has 0 atom stereocenters. The number of benzene rings is 2. The van der Waals surface area contributed by atoms with E-state index in [0.717, 1.165) is 17.8 Å². The number of rotatable bonds is 3. The summed E-state index contributed by atoms with van der Waals surface area (Å²) in [5, 5.41) is 2.46. The molecule has 2 heteroatoms. The van der Waals surface area contributed by atoms with Gasteiger partial charge in [0.1, 0.15) is 0 Å². The second kappa shape index (κ2) is 5.44. The van der Waals surface area contributed by atoms with Crippen LogP contribution in [0.5, 0.6) is 0 Å². The van der Waals surface area contributed by atoms with Gasteiger partial charge in [0.2, 0.25) is 0 Å². The average molecular weight is 246 g/mol. The Morgan fingerprint density at radius 3 is 2.58 bits per heavy atom. The van der Waals surface area contributed by atoms with Gasteiger partial charge in [-0.1, -0.05) is 36.4 Å². The van der Waals surface area contributed by atoms with Crippen molar-refractivity contribution >= 4 is 22.7 Å². The summed E-state index contributed by atoms with van der Waals surface area (Å²) < 4.78 is 0. The first-order valence-corrected chi connectivity index (χ1v) is 6.33. The molecule has 2 aromatic carbocycles. The van der Waals surface area contributed by atoms with Crippen molar-refractivity contribution in [2.24, 2.45) is 4.99 Å². The van der Waals surface area contributed by atoms with Gasteiger partial charge in [-0.3, -0.25) is 9.98 Å². The summed E-state index contributed by atoms with van der Waals surface area (Å²) in [7, 11) is 0. The minimum absolute atomic E-state index is 0.758. The van der Waals surface area contributed by atoms with Crippen LogP contribution >= 0.6 is 0 Å². The van der Waals surface area contributed by atoms with Crippen LogP contribution in [0.25, 0.3) is 10.8 Å². The predicted octanol–water partition coefficient (Wildman–Crippen LogP) is 4.18. The predicted molar refractivity (Wildman–Crippen MR) is 80.0 cm³/mol. The van der Waals surface area contributed by atoms with Crippen LogP contribution in [0.2, 0.25) is 0 Å². The third-order valence-electron chi connectivity index (χ3n) is 3.00. The average Bonchev–Trinajstić information content (AvgIpc) is 2.48. The zero-order valence-corrected chi connectivity index (χ0v) is 10.5. The molecule has 1 heterocycles. The van der Waals surface area contributed by atoms with Crippen molar-refractivity contribution in [1.29, 1.82) is 0 Å². The van der Waals surface area contributed by atoms with Gasteiger partial charge in [0.15, 0.2) is 0 Å². The Hall–Kier alpha value is -2.48. The van der Waals surface area contributed by atoms with Crippen LogP contribution in [-0.2, 0) is 6.42 Å². The highest BCUT2D eigenvalue weighted by Gasteiger charge is 1.94. The number of aliphatic imine (C=N–C) groups is 1. The number of hydrogen-bond acceptors (Lipinski definition) is 2. The standard InChI is InChI=1S/C17H14N2/c1-2-6-15-13-17(9-8-14(15)5-1)19-12-10-16-7-3-4-11-18-16/h1-9,11-13H,10H2. The van der Waals surface area contributed by atoms with Gasteiger partial charge in [-0.25, -0.2) is 0 Å². The third kappa shape index (κ3) is 2.86. The number of pyridine rings is 1. The van der Waals surface area contributed by atoms with Gasteiger partial charge in [0, 0.05) is 24.5 Å². The van der Waals surface area contributed by atoms with Crippen LogP contribution in [0, 0.1) is 0 Å². The smallest absolute Gasteiger partial charge is 0.0632 e. The number of hydrogen-bond donors (Lipinski definition) is 0. The zero-order valence-electron chi connectivity index (χ0n) is 10.5. The second-order valence-corrected chi connectivity index (χ2v) is 4.37. The van der Waals surface area contributed by atoms with Crippen molar-refractivity contribution in [3.8, 4) is 0 Å². The fourth-order valence-corrected chi connectivity index (χ4v) is 2.02. The lowest BCUT2D eigenvalue weighted by atomic mass is 10.1. The Morgan fingerprint density at radius 1 is 0.895 bits per heavy atom. The minimum atomic E-state index is 0.758. The summed E-state index contributed by atoms with van der Waals surface area (Å²) in [6.45, 7) is 0. The first-order valence-electron chi connectivity index (χ1n) is 6.33. The highest BCUT2D eigenvalue weighted by molar-refractivity contribution is 5.85. The molecule has 0 radical (unpaired) electrons. The first-order chi connectivity index (χ1) is 9.42. The molecule has 19 heavy (non-hydrogen) atoms. The molecule has 0 N–H and O–H groups in total. The van der Waals surface area contributed by atoms with Crippen molar-refractivity contribution < 1.29 is 0 Å². The van der Waals surface area contributed by atoms with E-state index in [1.54, 1.807) is 6.20 Å². The largest absolute Gasteiger partial charge is 0.261 e. The summed E-state index contributed by atoms with van der Waals surface area (Å²) in [5.74, 6) is 0. The number of fused-ring (bicyclic) bond motifs is 1. The van der Waals surface area contributed by atoms with E-state index < -0.39 is 0 Å². The molecule has 3 aromatic rings. The van der Waals surface area contributed by atoms with E-state index in [1.807, 2.05) is 42.6 Å². The lowest BCUT2D eigenvalue weighted by Crippen LogP contribution is -1.88. The topological polar surface area (TPSA) is 25.2 Å². The maximum atomic E-state index is 4.49. The van der Waals surface area contributed by atoms with Crippen LogP contribution < -0.4 is 0 Å². The van der Waals surface area contributed by atoms with Gasteiger partial charge >= 0.3 is 0 Å². The Morgan fingerprint density at radius 2 is 1.74 bits per heavy atom. The van der Waals surface area contributed by atoms with E-state index in [9.17, 15) is 0 Å². The van der Waals surface area contributed by atoms with E-state index in [1.165, 1.54) is 10.8 Å². The molecule has 0 aliphatic rings. The van der Waals surface area contributed by atoms with Crippen molar-refractivity contribution in [2.75, 3.05) is 0 Å². The van der Waals surface area contributed by atoms with Crippen LogP contribution in [0.4, 0.5) is 5.69 Å². The lowest BCUT2D eigenvalue weighted by Gasteiger charge is -1.99. The highest BCUT2D eigenvalue weighted by atomic mass is 14.7. The maximum Gasteiger partial charge on any atom is 0.0632 e. The molecule has 0 spiro atoms. The molecular weight excluding hydrogens is 232 g/mol. The first kappa shape index (κ1) is 11.6. The molecule has 92 valence electrons. The van der Waals surface area contributed by atoms with Crippen molar-refractivity contribution in [3.05, 3.63) is 72.6 Å². The van der Waals surface area contributed by atoms with E-state index in [0.29, 0.717) is 0 Å². The normalized spacial score (nSPS) is 11.2. The minimum Gasteiger partial charge on any atom is -0.261 e. The molecule has 2 nitrogen and oxygen atoms in total. The summed E-state index contributed by atoms with van der Waals surface area (Å²) in [5.41, 5.74) is 2.02. The third-order valence-corrected chi connectivity index (χ3v) is 3.00. The molecular formula is C17H14N2. The van der Waals surface area contributed by atoms with E-state index >= 15 is 0 Å². The quantitative estimate of drug-likeness (QED) is 0.636. The van der Waals surface area contributed by atoms with Gasteiger partial charge in [0.05, 0.1) is 5.69 Å². The Labute approximate surface area is 112 Å². The van der Waals surface area contributed by atoms with Crippen LogP contribution in [0.15, 0.2) is 71.9 Å². The van der Waals surface area contributed by atoms with Gasteiger partial charge in [-0.15, -0.1) is 0 Å². The zero-order chi connectivity index (χ0) is 12.9. The van der Waals surface area contributed by atoms with Crippen LogP contribution in [-0.4, -0.2) is 11.2 Å². The number of nitrogens with zero attached hydrogens (tertiary/aromatic N) is 2. The van der Waals surface area contributed by atoms with Crippen molar-refractivity contribution in [3.63, 3.8) is 0 Å². The maximum absolute atomic E-state index is 4.49. The van der Waals surface area contributed by atoms with E-state index in [2.05, 4.69) is 34.2 Å².